The number of rotatable bonds is 2. The van der Waals surface area contributed by atoms with Crippen LogP contribution in [0.25, 0.3) is 5.57 Å². The summed E-state index contributed by atoms with van der Waals surface area (Å²) in [5.41, 5.74) is 6.96. The molecule has 0 aromatic heterocycles. The number of ketones is 1. The zero-order valence-electron chi connectivity index (χ0n) is 13.0. The Bertz CT molecular complexity index is 752. The summed E-state index contributed by atoms with van der Waals surface area (Å²) in [4.78, 5) is 11.6. The van der Waals surface area contributed by atoms with E-state index in [1.165, 1.54) is 22.3 Å². The smallest absolute Gasteiger partial charge is 0.159 e. The topological polar surface area (TPSA) is 37.3 Å². The van der Waals surface area contributed by atoms with E-state index in [0.29, 0.717) is 0 Å². The number of hydrogen-bond acceptors (Lipinski definition) is 2. The van der Waals surface area contributed by atoms with Gasteiger partial charge in [0.15, 0.2) is 5.78 Å². The molecular formula is C20H20O2. The van der Waals surface area contributed by atoms with Crippen LogP contribution in [0.1, 0.15) is 53.7 Å². The second kappa shape index (κ2) is 5.80. The number of allylic oxidation sites excluding steroid dienone is 1. The summed E-state index contributed by atoms with van der Waals surface area (Å²) in [6.45, 7) is 3.79. The zero-order chi connectivity index (χ0) is 15.7. The molecule has 2 nitrogen and oxygen atoms in total. The van der Waals surface area contributed by atoms with Crippen LogP contribution in [-0.2, 0) is 6.42 Å². The van der Waals surface area contributed by atoms with Gasteiger partial charge in [-0.3, -0.25) is 4.79 Å². The van der Waals surface area contributed by atoms with E-state index in [4.69, 9.17) is 0 Å². The van der Waals surface area contributed by atoms with Gasteiger partial charge in [0.25, 0.3) is 0 Å². The van der Waals surface area contributed by atoms with E-state index in [9.17, 15) is 9.90 Å². The molecule has 0 unspecified atom stereocenters. The fourth-order valence-electron chi connectivity index (χ4n) is 3.19. The maximum Gasteiger partial charge on any atom is 0.159 e. The average molecular weight is 292 g/mol. The molecule has 1 aliphatic rings. The quantitative estimate of drug-likeness (QED) is 0.811. The zero-order valence-corrected chi connectivity index (χ0v) is 13.0. The molecule has 0 atom stereocenters. The first-order chi connectivity index (χ1) is 10.6. The van der Waals surface area contributed by atoms with Crippen LogP contribution in [0.15, 0.2) is 48.0 Å². The molecular weight excluding hydrogens is 272 g/mol. The molecule has 0 radical (unpaired) electrons. The summed E-state index contributed by atoms with van der Waals surface area (Å²) in [6, 6.07) is 13.4. The molecule has 3 rings (SSSR count). The molecule has 0 aliphatic heterocycles. The van der Waals surface area contributed by atoms with Crippen molar-refractivity contribution in [3.8, 4) is 5.75 Å². The number of fused-ring (bicyclic) bond motifs is 1. The lowest BCUT2D eigenvalue weighted by Crippen LogP contribution is -1.99. The Balaban J connectivity index is 2.17. The number of aromatic hydroxyl groups is 1. The molecule has 0 saturated heterocycles. The second-order valence-electron chi connectivity index (χ2n) is 5.98. The number of phenols is 1. The third-order valence-corrected chi connectivity index (χ3v) is 4.36. The number of aryl methyl sites for hydroxylation is 1. The predicted octanol–water partition coefficient (Wildman–Crippen LogP) is 4.75. The maximum absolute atomic E-state index is 11.6. The van der Waals surface area contributed by atoms with E-state index in [-0.39, 0.29) is 11.5 Å². The third kappa shape index (κ3) is 2.69. The van der Waals surface area contributed by atoms with Crippen LogP contribution in [0.4, 0.5) is 0 Å². The fourth-order valence-corrected chi connectivity index (χ4v) is 3.19. The van der Waals surface area contributed by atoms with Crippen LogP contribution in [0, 0.1) is 0 Å². The van der Waals surface area contributed by atoms with Crippen molar-refractivity contribution in [2.24, 2.45) is 0 Å². The van der Waals surface area contributed by atoms with Gasteiger partial charge in [-0.25, -0.2) is 0 Å². The molecule has 2 aromatic rings. The Labute approximate surface area is 131 Å². The van der Waals surface area contributed by atoms with Gasteiger partial charge in [-0.05, 0) is 73.6 Å². The Morgan fingerprint density at radius 1 is 1.05 bits per heavy atom. The van der Waals surface area contributed by atoms with Gasteiger partial charge >= 0.3 is 0 Å². The van der Waals surface area contributed by atoms with Gasteiger partial charge < -0.3 is 5.11 Å². The molecule has 112 valence electrons. The number of carbonyl (C=O) groups excluding carboxylic acids is 1. The predicted molar refractivity (Wildman–Crippen MR) is 89.2 cm³/mol. The lowest BCUT2D eigenvalue weighted by molar-refractivity contribution is 0.101. The first-order valence-electron chi connectivity index (χ1n) is 7.69. The summed E-state index contributed by atoms with van der Waals surface area (Å²) in [5, 5.41) is 9.52. The average Bonchev–Trinajstić information content (AvgIpc) is 2.66. The van der Waals surface area contributed by atoms with Crippen LogP contribution in [0.2, 0.25) is 0 Å². The third-order valence-electron chi connectivity index (χ3n) is 4.36. The van der Waals surface area contributed by atoms with Crippen molar-refractivity contribution in [2.75, 3.05) is 0 Å². The summed E-state index contributed by atoms with van der Waals surface area (Å²) in [5.74, 6) is 0.390. The molecule has 22 heavy (non-hydrogen) atoms. The molecule has 0 fully saturated rings. The van der Waals surface area contributed by atoms with Crippen molar-refractivity contribution in [3.05, 3.63) is 70.3 Å². The van der Waals surface area contributed by atoms with Crippen molar-refractivity contribution in [2.45, 2.75) is 33.1 Å². The summed E-state index contributed by atoms with van der Waals surface area (Å²) in [7, 11) is 0. The first-order valence-corrected chi connectivity index (χ1v) is 7.69. The Morgan fingerprint density at radius 2 is 1.77 bits per heavy atom. The molecule has 0 bridgehead atoms. The van der Waals surface area contributed by atoms with Gasteiger partial charge in [0.1, 0.15) is 5.75 Å². The minimum absolute atomic E-state index is 0.110. The highest BCUT2D eigenvalue weighted by Crippen LogP contribution is 2.35. The minimum atomic E-state index is 0.110. The SMILES string of the molecule is CC(=O)c1ccc2c(c1)CCCC(C)=C2c1ccc(O)cc1. The lowest BCUT2D eigenvalue weighted by Gasteiger charge is -2.14. The molecule has 2 aromatic carbocycles. The highest BCUT2D eigenvalue weighted by molar-refractivity contribution is 5.95. The number of phenolic OH excluding ortho intramolecular Hbond substituents is 1. The minimum Gasteiger partial charge on any atom is -0.508 e. The van der Waals surface area contributed by atoms with Crippen LogP contribution in [0.3, 0.4) is 0 Å². The normalized spacial score (nSPS) is 14.5. The molecule has 0 saturated carbocycles. The molecule has 0 heterocycles. The molecule has 1 aliphatic carbocycles. The van der Waals surface area contributed by atoms with E-state index in [1.807, 2.05) is 24.3 Å². The first kappa shape index (κ1) is 14.6. The van der Waals surface area contributed by atoms with Gasteiger partial charge in [-0.2, -0.15) is 0 Å². The highest BCUT2D eigenvalue weighted by Gasteiger charge is 2.17. The van der Waals surface area contributed by atoms with E-state index < -0.39 is 0 Å². The van der Waals surface area contributed by atoms with Crippen molar-refractivity contribution < 1.29 is 9.90 Å². The van der Waals surface area contributed by atoms with Crippen molar-refractivity contribution >= 4 is 11.4 Å². The van der Waals surface area contributed by atoms with Crippen molar-refractivity contribution in [3.63, 3.8) is 0 Å². The van der Waals surface area contributed by atoms with Gasteiger partial charge in [-0.1, -0.05) is 29.8 Å². The molecule has 1 N–H and O–H groups in total. The van der Waals surface area contributed by atoms with E-state index in [2.05, 4.69) is 13.0 Å². The van der Waals surface area contributed by atoms with Crippen LogP contribution in [-0.4, -0.2) is 10.9 Å². The maximum atomic E-state index is 11.6. The van der Waals surface area contributed by atoms with Crippen LogP contribution in [0.5, 0.6) is 5.75 Å². The standard InChI is InChI=1S/C20H20O2/c1-13-4-3-5-17-12-16(14(2)21)8-11-19(17)20(13)15-6-9-18(22)10-7-15/h6-12,22H,3-5H2,1-2H3. The summed E-state index contributed by atoms with van der Waals surface area (Å²) in [6.07, 6.45) is 3.15. The monoisotopic (exact) mass is 292 g/mol. The molecule has 2 heteroatoms. The van der Waals surface area contributed by atoms with E-state index in [0.717, 1.165) is 30.4 Å². The summed E-state index contributed by atoms with van der Waals surface area (Å²) < 4.78 is 0. The van der Waals surface area contributed by atoms with Crippen molar-refractivity contribution in [1.82, 2.24) is 0 Å². The Hall–Kier alpha value is -2.35. The Morgan fingerprint density at radius 3 is 2.45 bits per heavy atom. The van der Waals surface area contributed by atoms with E-state index >= 15 is 0 Å². The van der Waals surface area contributed by atoms with Gasteiger partial charge in [0, 0.05) is 5.56 Å². The number of carbonyl (C=O) groups is 1. The van der Waals surface area contributed by atoms with Crippen LogP contribution >= 0.6 is 0 Å². The molecule has 0 spiro atoms. The van der Waals surface area contributed by atoms with Gasteiger partial charge in [0.05, 0.1) is 0 Å². The Kier molecular flexibility index (Phi) is 3.84. The lowest BCUT2D eigenvalue weighted by atomic mass is 9.90. The number of Topliss-reactive ketones (excluding diaryl/α,β-unsaturated/α-hetero) is 1. The van der Waals surface area contributed by atoms with Crippen LogP contribution < -0.4 is 0 Å². The second-order valence-corrected chi connectivity index (χ2v) is 5.98. The van der Waals surface area contributed by atoms with Gasteiger partial charge in [0.2, 0.25) is 0 Å². The largest absolute Gasteiger partial charge is 0.508 e. The molecule has 0 amide bonds. The number of benzene rings is 2. The number of hydrogen-bond donors (Lipinski definition) is 1. The summed E-state index contributed by atoms with van der Waals surface area (Å²) >= 11 is 0. The van der Waals surface area contributed by atoms with Gasteiger partial charge in [-0.15, -0.1) is 0 Å². The fraction of sp³-hybridized carbons (Fsp3) is 0.250. The van der Waals surface area contributed by atoms with E-state index in [1.54, 1.807) is 19.1 Å². The highest BCUT2D eigenvalue weighted by atomic mass is 16.3. The van der Waals surface area contributed by atoms with Crippen molar-refractivity contribution in [1.29, 1.82) is 0 Å².